The van der Waals surface area contributed by atoms with Crippen LogP contribution in [0.25, 0.3) is 0 Å². The molecular weight excluding hydrogens is 134 g/mol. The monoisotopic (exact) mass is 153 g/mol. The summed E-state index contributed by atoms with van der Waals surface area (Å²) in [5, 5.41) is 3.65. The van der Waals surface area contributed by atoms with E-state index in [-0.39, 0.29) is 0 Å². The molecule has 0 aromatic heterocycles. The number of fused-ring (bicyclic) bond motifs is 1. The molecule has 11 heavy (non-hydrogen) atoms. The van der Waals surface area contributed by atoms with Crippen molar-refractivity contribution in [3.8, 4) is 0 Å². The highest BCUT2D eigenvalue weighted by Crippen LogP contribution is 2.34. The van der Waals surface area contributed by atoms with Crippen molar-refractivity contribution >= 4 is 0 Å². The molecule has 1 aliphatic heterocycles. The number of nitrogens with one attached hydrogen (secondary N) is 1. The molecule has 1 saturated carbocycles. The van der Waals surface area contributed by atoms with Crippen LogP contribution in [0.1, 0.15) is 39.0 Å². The Bertz CT molecular complexity index is 131. The molecule has 64 valence electrons. The number of piperidine rings is 1. The van der Waals surface area contributed by atoms with Gasteiger partial charge in [-0.3, -0.25) is 0 Å². The Labute approximate surface area is 69.6 Å². The van der Waals surface area contributed by atoms with Crippen LogP contribution in [0, 0.1) is 11.8 Å². The molecule has 1 heteroatoms. The van der Waals surface area contributed by atoms with Gasteiger partial charge in [0.15, 0.2) is 0 Å². The zero-order valence-corrected chi connectivity index (χ0v) is 7.47. The molecule has 1 aliphatic carbocycles. The first-order valence-electron chi connectivity index (χ1n) is 5.11. The topological polar surface area (TPSA) is 12.0 Å². The maximum Gasteiger partial charge on any atom is 0.00978 e. The molecule has 0 aromatic carbocycles. The summed E-state index contributed by atoms with van der Waals surface area (Å²) in [5.74, 6) is 2.00. The van der Waals surface area contributed by atoms with Crippen LogP contribution >= 0.6 is 0 Å². The van der Waals surface area contributed by atoms with Crippen molar-refractivity contribution in [2.75, 3.05) is 6.54 Å². The Balaban J connectivity index is 1.99. The van der Waals surface area contributed by atoms with Gasteiger partial charge in [0.2, 0.25) is 0 Å². The molecular formula is C10H19N. The summed E-state index contributed by atoms with van der Waals surface area (Å²) in [6.07, 6.45) is 7.27. The Morgan fingerprint density at radius 2 is 1.91 bits per heavy atom. The molecule has 0 aromatic rings. The van der Waals surface area contributed by atoms with Gasteiger partial charge >= 0.3 is 0 Å². The van der Waals surface area contributed by atoms with Crippen LogP contribution in [-0.2, 0) is 0 Å². The van der Waals surface area contributed by atoms with Gasteiger partial charge in [-0.2, -0.15) is 0 Å². The van der Waals surface area contributed by atoms with E-state index in [9.17, 15) is 0 Å². The Morgan fingerprint density at radius 3 is 2.73 bits per heavy atom. The van der Waals surface area contributed by atoms with Gasteiger partial charge in [-0.25, -0.2) is 0 Å². The average Bonchev–Trinajstić information content (AvgIpc) is 2.06. The Morgan fingerprint density at radius 1 is 1.09 bits per heavy atom. The van der Waals surface area contributed by atoms with Crippen LogP contribution in [0.5, 0.6) is 0 Å². The van der Waals surface area contributed by atoms with E-state index < -0.39 is 0 Å². The smallest absolute Gasteiger partial charge is 0.00978 e. The number of hydrogen-bond acceptors (Lipinski definition) is 1. The van der Waals surface area contributed by atoms with Crippen molar-refractivity contribution in [1.82, 2.24) is 5.32 Å². The minimum atomic E-state index is 0.882. The maximum atomic E-state index is 3.65. The highest BCUT2D eigenvalue weighted by atomic mass is 14.9. The fraction of sp³-hybridized carbons (Fsp3) is 1.00. The molecule has 0 unspecified atom stereocenters. The minimum Gasteiger partial charge on any atom is -0.314 e. The van der Waals surface area contributed by atoms with Gasteiger partial charge in [-0.1, -0.05) is 19.8 Å². The molecule has 1 N–H and O–H groups in total. The SMILES string of the molecule is C[C@H]1CCN[C@H]2CCCC[C@@H]21. The lowest BCUT2D eigenvalue weighted by molar-refractivity contribution is 0.151. The van der Waals surface area contributed by atoms with Crippen LogP contribution in [0.4, 0.5) is 0 Å². The third-order valence-corrected chi connectivity index (χ3v) is 3.56. The van der Waals surface area contributed by atoms with Gasteiger partial charge in [0.25, 0.3) is 0 Å². The second-order valence-corrected chi connectivity index (χ2v) is 4.27. The molecule has 1 nitrogen and oxygen atoms in total. The molecule has 2 aliphatic rings. The molecule has 2 rings (SSSR count). The summed E-state index contributed by atoms with van der Waals surface area (Å²) in [6.45, 7) is 3.70. The third-order valence-electron chi connectivity index (χ3n) is 3.56. The van der Waals surface area contributed by atoms with Crippen LogP contribution in [0.2, 0.25) is 0 Å². The second-order valence-electron chi connectivity index (χ2n) is 4.27. The van der Waals surface area contributed by atoms with Crippen molar-refractivity contribution in [3.05, 3.63) is 0 Å². The first kappa shape index (κ1) is 7.60. The van der Waals surface area contributed by atoms with Crippen molar-refractivity contribution < 1.29 is 0 Å². The molecule has 1 saturated heterocycles. The number of hydrogen-bond donors (Lipinski definition) is 1. The third kappa shape index (κ3) is 1.44. The van der Waals surface area contributed by atoms with Crippen molar-refractivity contribution in [1.29, 1.82) is 0 Å². The summed E-state index contributed by atoms with van der Waals surface area (Å²) >= 11 is 0. The van der Waals surface area contributed by atoms with Crippen LogP contribution in [0.3, 0.4) is 0 Å². The van der Waals surface area contributed by atoms with Crippen LogP contribution < -0.4 is 5.32 Å². The highest BCUT2D eigenvalue weighted by molar-refractivity contribution is 4.87. The molecule has 1 heterocycles. The lowest BCUT2D eigenvalue weighted by atomic mass is 9.74. The summed E-state index contributed by atoms with van der Waals surface area (Å²) in [7, 11) is 0. The van der Waals surface area contributed by atoms with Gasteiger partial charge in [-0.15, -0.1) is 0 Å². The Kier molecular flexibility index (Phi) is 2.17. The first-order valence-corrected chi connectivity index (χ1v) is 5.11. The quantitative estimate of drug-likeness (QED) is 0.562. The van der Waals surface area contributed by atoms with Crippen LogP contribution in [0.15, 0.2) is 0 Å². The summed E-state index contributed by atoms with van der Waals surface area (Å²) in [6, 6.07) is 0.882. The highest BCUT2D eigenvalue weighted by Gasteiger charge is 2.31. The van der Waals surface area contributed by atoms with E-state index in [1.807, 2.05) is 0 Å². The zero-order chi connectivity index (χ0) is 7.68. The van der Waals surface area contributed by atoms with E-state index in [0.29, 0.717) is 0 Å². The first-order chi connectivity index (χ1) is 5.38. The predicted octanol–water partition coefficient (Wildman–Crippen LogP) is 2.17. The summed E-state index contributed by atoms with van der Waals surface area (Å²) in [5.41, 5.74) is 0. The van der Waals surface area contributed by atoms with E-state index >= 15 is 0 Å². The largest absolute Gasteiger partial charge is 0.314 e. The zero-order valence-electron chi connectivity index (χ0n) is 7.47. The average molecular weight is 153 g/mol. The molecule has 0 radical (unpaired) electrons. The van der Waals surface area contributed by atoms with Gasteiger partial charge < -0.3 is 5.32 Å². The fourth-order valence-corrected chi connectivity index (χ4v) is 2.80. The lowest BCUT2D eigenvalue weighted by Crippen LogP contribution is -2.46. The molecule has 3 atom stereocenters. The normalized spacial score (nSPS) is 45.0. The fourth-order valence-electron chi connectivity index (χ4n) is 2.80. The Hall–Kier alpha value is -0.0400. The predicted molar refractivity (Wildman–Crippen MR) is 47.5 cm³/mol. The summed E-state index contributed by atoms with van der Waals surface area (Å²) < 4.78 is 0. The van der Waals surface area contributed by atoms with Crippen molar-refractivity contribution in [2.45, 2.75) is 45.1 Å². The van der Waals surface area contributed by atoms with Crippen molar-refractivity contribution in [3.63, 3.8) is 0 Å². The molecule has 0 amide bonds. The lowest BCUT2D eigenvalue weighted by Gasteiger charge is -2.40. The van der Waals surface area contributed by atoms with Crippen molar-refractivity contribution in [2.24, 2.45) is 11.8 Å². The van der Waals surface area contributed by atoms with Crippen LogP contribution in [-0.4, -0.2) is 12.6 Å². The molecule has 2 fully saturated rings. The molecule has 0 bridgehead atoms. The van der Waals surface area contributed by atoms with E-state index in [2.05, 4.69) is 12.2 Å². The van der Waals surface area contributed by atoms with Gasteiger partial charge in [-0.05, 0) is 37.6 Å². The molecule has 0 spiro atoms. The summed E-state index contributed by atoms with van der Waals surface area (Å²) in [4.78, 5) is 0. The van der Waals surface area contributed by atoms with E-state index in [0.717, 1.165) is 17.9 Å². The van der Waals surface area contributed by atoms with E-state index in [1.54, 1.807) is 0 Å². The van der Waals surface area contributed by atoms with E-state index in [4.69, 9.17) is 0 Å². The van der Waals surface area contributed by atoms with Gasteiger partial charge in [0, 0.05) is 6.04 Å². The number of rotatable bonds is 0. The minimum absolute atomic E-state index is 0.882. The van der Waals surface area contributed by atoms with Gasteiger partial charge in [0.1, 0.15) is 0 Å². The van der Waals surface area contributed by atoms with Gasteiger partial charge in [0.05, 0.1) is 0 Å². The standard InChI is InChI=1S/C10H19N/c1-8-6-7-11-10-5-3-2-4-9(8)10/h8-11H,2-7H2,1H3/t8-,9+,10-/m0/s1. The second kappa shape index (κ2) is 3.14. The van der Waals surface area contributed by atoms with E-state index in [1.165, 1.54) is 38.6 Å². The maximum absolute atomic E-state index is 3.65.